The zero-order chi connectivity index (χ0) is 20.0. The van der Waals surface area contributed by atoms with Crippen molar-refractivity contribution in [3.8, 4) is 17.2 Å². The average molecular weight is 388 g/mol. The van der Waals surface area contributed by atoms with Crippen LogP contribution in [0.4, 0.5) is 0 Å². The van der Waals surface area contributed by atoms with Crippen LogP contribution < -0.4 is 10.6 Å². The minimum absolute atomic E-state index is 0.249. The molecule has 11 heteroatoms. The standard InChI is InChI=1S/C16H24N2O9/c19-2-4-12(23)15(26)10(17-4)8-6(21)1-7(22)9(14(8)25)11-16(27)13(24)5(3-20)18-11/h1,4-5,10-13,15-27H,2-3H2/t4-,5-,10-,11-,12-,13-,15-,16-/m0/s1. The van der Waals surface area contributed by atoms with Gasteiger partial charge in [0.15, 0.2) is 0 Å². The van der Waals surface area contributed by atoms with E-state index in [1.807, 2.05) is 0 Å². The Bertz CT molecular complexity index is 649. The molecule has 0 radical (unpaired) electrons. The summed E-state index contributed by atoms with van der Waals surface area (Å²) in [4.78, 5) is 0. The molecule has 3 rings (SSSR count). The Labute approximate surface area is 153 Å². The quantitative estimate of drug-likeness (QED) is 0.242. The number of aliphatic hydroxyl groups excluding tert-OH is 6. The molecule has 0 aromatic heterocycles. The van der Waals surface area contributed by atoms with E-state index >= 15 is 0 Å². The third-order valence-corrected chi connectivity index (χ3v) is 5.35. The van der Waals surface area contributed by atoms with Crippen LogP contribution in [0.25, 0.3) is 0 Å². The monoisotopic (exact) mass is 388 g/mol. The van der Waals surface area contributed by atoms with Crippen molar-refractivity contribution < 1.29 is 46.0 Å². The Hall–Kier alpha value is -1.70. The van der Waals surface area contributed by atoms with Crippen molar-refractivity contribution in [3.05, 3.63) is 17.2 Å². The molecule has 11 nitrogen and oxygen atoms in total. The molecule has 0 bridgehead atoms. The summed E-state index contributed by atoms with van der Waals surface area (Å²) < 4.78 is 0. The molecule has 8 atom stereocenters. The first-order chi connectivity index (χ1) is 12.7. The van der Waals surface area contributed by atoms with E-state index in [2.05, 4.69) is 10.6 Å². The van der Waals surface area contributed by atoms with Crippen molar-refractivity contribution >= 4 is 0 Å². The van der Waals surface area contributed by atoms with Crippen LogP contribution in [-0.4, -0.2) is 95.7 Å². The average Bonchev–Trinajstić information content (AvgIpc) is 3.06. The van der Waals surface area contributed by atoms with Gasteiger partial charge in [0.25, 0.3) is 0 Å². The van der Waals surface area contributed by atoms with Gasteiger partial charge in [0.2, 0.25) is 0 Å². The van der Waals surface area contributed by atoms with Crippen LogP contribution in [-0.2, 0) is 0 Å². The van der Waals surface area contributed by atoms with E-state index in [1.165, 1.54) is 0 Å². The molecule has 0 aliphatic carbocycles. The van der Waals surface area contributed by atoms with Gasteiger partial charge >= 0.3 is 0 Å². The number of aliphatic hydroxyl groups is 6. The first-order valence-electron chi connectivity index (χ1n) is 8.46. The van der Waals surface area contributed by atoms with E-state index < -0.39 is 79.0 Å². The molecule has 0 amide bonds. The fourth-order valence-electron chi connectivity index (χ4n) is 3.84. The van der Waals surface area contributed by atoms with Gasteiger partial charge in [-0.15, -0.1) is 0 Å². The second-order valence-corrected chi connectivity index (χ2v) is 6.92. The summed E-state index contributed by atoms with van der Waals surface area (Å²) in [6, 6.07) is -3.26. The van der Waals surface area contributed by atoms with E-state index in [0.29, 0.717) is 0 Å². The van der Waals surface area contributed by atoms with E-state index in [0.717, 1.165) is 6.07 Å². The molecule has 152 valence electrons. The van der Waals surface area contributed by atoms with Crippen LogP contribution in [0.2, 0.25) is 0 Å². The lowest BCUT2D eigenvalue weighted by Crippen LogP contribution is -2.35. The van der Waals surface area contributed by atoms with Crippen LogP contribution in [0.3, 0.4) is 0 Å². The molecular formula is C16H24N2O9. The van der Waals surface area contributed by atoms with E-state index in [-0.39, 0.29) is 11.1 Å². The van der Waals surface area contributed by atoms with E-state index in [1.54, 1.807) is 0 Å². The number of hydrogen-bond donors (Lipinski definition) is 11. The van der Waals surface area contributed by atoms with Gasteiger partial charge in [-0.25, -0.2) is 0 Å². The van der Waals surface area contributed by atoms with Crippen molar-refractivity contribution in [2.45, 2.75) is 48.6 Å². The van der Waals surface area contributed by atoms with Crippen molar-refractivity contribution in [2.75, 3.05) is 13.2 Å². The topological polar surface area (TPSA) is 206 Å². The molecule has 2 aliphatic heterocycles. The SMILES string of the molecule is OC[C@@H]1N[C@@H](c2c(O)cc(O)c([C@@H]3N[C@@H](CO)[C@H](O)[C@H]3O)c2O)[C@H](O)[C@H]1O. The predicted molar refractivity (Wildman–Crippen MR) is 89.0 cm³/mol. The maximum Gasteiger partial charge on any atom is 0.132 e. The van der Waals surface area contributed by atoms with Crippen LogP contribution >= 0.6 is 0 Å². The predicted octanol–water partition coefficient (Wildman–Crippen LogP) is -3.74. The molecular weight excluding hydrogens is 364 g/mol. The van der Waals surface area contributed by atoms with Crippen molar-refractivity contribution in [1.82, 2.24) is 10.6 Å². The van der Waals surface area contributed by atoms with Crippen LogP contribution in [0, 0.1) is 0 Å². The van der Waals surface area contributed by atoms with Crippen molar-refractivity contribution in [2.24, 2.45) is 0 Å². The molecule has 2 aliphatic rings. The smallest absolute Gasteiger partial charge is 0.132 e. The molecule has 2 heterocycles. The summed E-state index contributed by atoms with van der Waals surface area (Å²) in [5.41, 5.74) is -0.498. The fourth-order valence-corrected chi connectivity index (χ4v) is 3.84. The highest BCUT2D eigenvalue weighted by Gasteiger charge is 2.47. The van der Waals surface area contributed by atoms with Gasteiger partial charge in [0.1, 0.15) is 29.5 Å². The second-order valence-electron chi connectivity index (χ2n) is 6.92. The highest BCUT2D eigenvalue weighted by molar-refractivity contribution is 5.59. The Balaban J connectivity index is 2.05. The number of phenolic OH excluding ortho intramolecular Hbond substituents is 3. The number of aromatic hydroxyl groups is 3. The molecule has 1 aromatic carbocycles. The maximum atomic E-state index is 10.7. The second kappa shape index (κ2) is 7.37. The molecule has 0 unspecified atom stereocenters. The molecule has 2 fully saturated rings. The first kappa shape index (κ1) is 20.0. The Morgan fingerprint density at radius 3 is 1.33 bits per heavy atom. The summed E-state index contributed by atoms with van der Waals surface area (Å²) in [6.45, 7) is -1.01. The van der Waals surface area contributed by atoms with Gasteiger partial charge in [0, 0.05) is 6.07 Å². The van der Waals surface area contributed by atoms with Gasteiger partial charge < -0.3 is 46.0 Å². The zero-order valence-electron chi connectivity index (χ0n) is 14.1. The van der Waals surface area contributed by atoms with Gasteiger partial charge in [-0.3, -0.25) is 10.6 Å². The Kier molecular flexibility index (Phi) is 5.47. The molecule has 27 heavy (non-hydrogen) atoms. The fraction of sp³-hybridized carbons (Fsp3) is 0.625. The highest BCUT2D eigenvalue weighted by atomic mass is 16.3. The minimum Gasteiger partial charge on any atom is -0.507 e. The maximum absolute atomic E-state index is 10.7. The Morgan fingerprint density at radius 1 is 0.667 bits per heavy atom. The lowest BCUT2D eigenvalue weighted by atomic mass is 9.92. The van der Waals surface area contributed by atoms with Crippen LogP contribution in [0.15, 0.2) is 6.07 Å². The Morgan fingerprint density at radius 2 is 1.04 bits per heavy atom. The van der Waals surface area contributed by atoms with E-state index in [4.69, 9.17) is 0 Å². The number of hydrogen-bond acceptors (Lipinski definition) is 11. The normalized spacial score (nSPS) is 39.2. The highest BCUT2D eigenvalue weighted by Crippen LogP contribution is 2.48. The summed E-state index contributed by atoms with van der Waals surface area (Å²) in [7, 11) is 0. The molecule has 0 saturated carbocycles. The van der Waals surface area contributed by atoms with Gasteiger partial charge in [-0.2, -0.15) is 0 Å². The largest absolute Gasteiger partial charge is 0.507 e. The number of benzene rings is 1. The first-order valence-corrected chi connectivity index (χ1v) is 8.46. The summed E-state index contributed by atoms with van der Waals surface area (Å²) in [5.74, 6) is -1.83. The van der Waals surface area contributed by atoms with Crippen LogP contribution in [0.1, 0.15) is 23.2 Å². The zero-order valence-corrected chi connectivity index (χ0v) is 14.1. The minimum atomic E-state index is -1.48. The van der Waals surface area contributed by atoms with E-state index in [9.17, 15) is 46.0 Å². The summed E-state index contributed by atoms with van der Waals surface area (Å²) >= 11 is 0. The summed E-state index contributed by atoms with van der Waals surface area (Å²) in [6.07, 6.45) is -5.69. The lowest BCUT2D eigenvalue weighted by Gasteiger charge is -2.24. The molecule has 11 N–H and O–H groups in total. The molecule has 2 saturated heterocycles. The number of rotatable bonds is 4. The lowest BCUT2D eigenvalue weighted by molar-refractivity contribution is 0.0180. The van der Waals surface area contributed by atoms with Gasteiger partial charge in [-0.1, -0.05) is 0 Å². The van der Waals surface area contributed by atoms with Crippen molar-refractivity contribution in [3.63, 3.8) is 0 Å². The number of phenols is 3. The molecule has 0 spiro atoms. The third kappa shape index (κ3) is 3.11. The van der Waals surface area contributed by atoms with Gasteiger partial charge in [0.05, 0.1) is 60.7 Å². The summed E-state index contributed by atoms with van der Waals surface area (Å²) in [5, 5.41) is 95.3. The van der Waals surface area contributed by atoms with Crippen LogP contribution in [0.5, 0.6) is 17.2 Å². The van der Waals surface area contributed by atoms with Crippen molar-refractivity contribution in [1.29, 1.82) is 0 Å². The molecule has 1 aromatic rings. The van der Waals surface area contributed by atoms with Gasteiger partial charge in [-0.05, 0) is 0 Å². The number of nitrogens with one attached hydrogen (secondary N) is 2. The third-order valence-electron chi connectivity index (χ3n) is 5.35.